The van der Waals surface area contributed by atoms with Crippen LogP contribution in [0.5, 0.6) is 5.75 Å². The van der Waals surface area contributed by atoms with Gasteiger partial charge in [-0.1, -0.05) is 0 Å². The number of benzene rings is 1. The standard InChI is InChI=1S/C14H16N2O3S/c1-20(17,18)14-4-2-13(3-5-14)19-10-11-6-7-16-12(8-11)9-15/h2-8H,9-10,15H2,1H3. The molecule has 0 spiro atoms. The van der Waals surface area contributed by atoms with Crippen LogP contribution >= 0.6 is 0 Å². The first-order valence-corrected chi connectivity index (χ1v) is 7.95. The molecule has 1 aromatic carbocycles. The van der Waals surface area contributed by atoms with Gasteiger partial charge in [0.15, 0.2) is 9.84 Å². The molecule has 0 aliphatic heterocycles. The number of nitrogens with zero attached hydrogens (tertiary/aromatic N) is 1. The van der Waals surface area contributed by atoms with E-state index < -0.39 is 9.84 Å². The number of rotatable bonds is 5. The van der Waals surface area contributed by atoms with Gasteiger partial charge in [0.2, 0.25) is 0 Å². The van der Waals surface area contributed by atoms with Crippen LogP contribution < -0.4 is 10.5 Å². The third kappa shape index (κ3) is 3.79. The fourth-order valence-electron chi connectivity index (χ4n) is 1.68. The van der Waals surface area contributed by atoms with E-state index in [0.29, 0.717) is 18.9 Å². The Balaban J connectivity index is 2.04. The maximum Gasteiger partial charge on any atom is 0.175 e. The van der Waals surface area contributed by atoms with Crippen molar-refractivity contribution in [2.24, 2.45) is 5.73 Å². The summed E-state index contributed by atoms with van der Waals surface area (Å²) in [4.78, 5) is 4.38. The molecule has 1 heterocycles. The molecule has 0 fully saturated rings. The van der Waals surface area contributed by atoms with Crippen molar-refractivity contribution in [3.8, 4) is 5.75 Å². The molecule has 2 rings (SSSR count). The van der Waals surface area contributed by atoms with Gasteiger partial charge in [-0.05, 0) is 42.0 Å². The summed E-state index contributed by atoms with van der Waals surface area (Å²) < 4.78 is 28.3. The zero-order chi connectivity index (χ0) is 14.6. The lowest BCUT2D eigenvalue weighted by Gasteiger charge is -2.07. The van der Waals surface area contributed by atoms with Crippen molar-refractivity contribution in [3.05, 3.63) is 53.9 Å². The summed E-state index contributed by atoms with van der Waals surface area (Å²) in [5.74, 6) is 0.614. The Morgan fingerprint density at radius 3 is 2.50 bits per heavy atom. The summed E-state index contributed by atoms with van der Waals surface area (Å²) in [6.45, 7) is 0.768. The highest BCUT2D eigenvalue weighted by Gasteiger charge is 2.06. The summed E-state index contributed by atoms with van der Waals surface area (Å²) >= 11 is 0. The van der Waals surface area contributed by atoms with E-state index >= 15 is 0 Å². The highest BCUT2D eigenvalue weighted by atomic mass is 32.2. The van der Waals surface area contributed by atoms with Crippen LogP contribution in [-0.2, 0) is 23.0 Å². The second-order valence-electron chi connectivity index (χ2n) is 4.39. The van der Waals surface area contributed by atoms with E-state index in [1.165, 1.54) is 18.4 Å². The smallest absolute Gasteiger partial charge is 0.175 e. The molecular formula is C14H16N2O3S. The molecule has 0 saturated carbocycles. The number of aromatic nitrogens is 1. The summed E-state index contributed by atoms with van der Waals surface area (Å²) in [7, 11) is -3.17. The number of ether oxygens (including phenoxy) is 1. The van der Waals surface area contributed by atoms with Crippen molar-refractivity contribution in [2.45, 2.75) is 18.0 Å². The van der Waals surface area contributed by atoms with Crippen LogP contribution in [0.15, 0.2) is 47.5 Å². The van der Waals surface area contributed by atoms with Gasteiger partial charge in [-0.2, -0.15) is 0 Å². The quantitative estimate of drug-likeness (QED) is 0.903. The SMILES string of the molecule is CS(=O)(=O)c1ccc(OCc2ccnc(CN)c2)cc1. The highest BCUT2D eigenvalue weighted by Crippen LogP contribution is 2.17. The van der Waals surface area contributed by atoms with Gasteiger partial charge < -0.3 is 10.5 Å². The van der Waals surface area contributed by atoms with Crippen LogP contribution in [-0.4, -0.2) is 19.7 Å². The molecule has 0 unspecified atom stereocenters. The topological polar surface area (TPSA) is 82.3 Å². The van der Waals surface area contributed by atoms with Crippen LogP contribution in [0.25, 0.3) is 0 Å². The van der Waals surface area contributed by atoms with Gasteiger partial charge in [0.1, 0.15) is 12.4 Å². The Kier molecular flexibility index (Phi) is 4.36. The first-order chi connectivity index (χ1) is 9.49. The van der Waals surface area contributed by atoms with E-state index in [9.17, 15) is 8.42 Å². The molecule has 0 aliphatic rings. The zero-order valence-corrected chi connectivity index (χ0v) is 11.9. The lowest BCUT2D eigenvalue weighted by molar-refractivity contribution is 0.305. The predicted molar refractivity (Wildman–Crippen MR) is 76.0 cm³/mol. The minimum absolute atomic E-state index is 0.277. The van der Waals surface area contributed by atoms with Crippen LogP contribution in [0.4, 0.5) is 0 Å². The van der Waals surface area contributed by atoms with Crippen molar-refractivity contribution in [1.82, 2.24) is 4.98 Å². The van der Waals surface area contributed by atoms with Crippen molar-refractivity contribution < 1.29 is 13.2 Å². The maximum atomic E-state index is 11.3. The fourth-order valence-corrected chi connectivity index (χ4v) is 2.31. The Hall–Kier alpha value is -1.92. The molecule has 20 heavy (non-hydrogen) atoms. The molecular weight excluding hydrogens is 276 g/mol. The fraction of sp³-hybridized carbons (Fsp3) is 0.214. The molecule has 0 atom stereocenters. The van der Waals surface area contributed by atoms with Crippen LogP contribution in [0, 0.1) is 0 Å². The Bertz CT molecular complexity index is 682. The van der Waals surface area contributed by atoms with Gasteiger partial charge in [0.05, 0.1) is 10.6 Å². The van der Waals surface area contributed by atoms with E-state index in [1.807, 2.05) is 12.1 Å². The second kappa shape index (κ2) is 6.02. The normalized spacial score (nSPS) is 11.3. The number of nitrogens with two attached hydrogens (primary N) is 1. The van der Waals surface area contributed by atoms with Crippen molar-refractivity contribution in [1.29, 1.82) is 0 Å². The molecule has 106 valence electrons. The van der Waals surface area contributed by atoms with Gasteiger partial charge in [-0.3, -0.25) is 4.98 Å². The van der Waals surface area contributed by atoms with Crippen LogP contribution in [0.2, 0.25) is 0 Å². The average Bonchev–Trinajstić information content (AvgIpc) is 2.45. The molecule has 5 nitrogen and oxygen atoms in total. The number of hydrogen-bond donors (Lipinski definition) is 1. The largest absolute Gasteiger partial charge is 0.489 e. The highest BCUT2D eigenvalue weighted by molar-refractivity contribution is 7.90. The molecule has 0 aliphatic carbocycles. The third-order valence-electron chi connectivity index (χ3n) is 2.75. The molecule has 2 N–H and O–H groups in total. The van der Waals surface area contributed by atoms with Crippen molar-refractivity contribution in [2.75, 3.05) is 6.26 Å². The summed E-state index contributed by atoms with van der Waals surface area (Å²) in [6.07, 6.45) is 2.86. The summed E-state index contributed by atoms with van der Waals surface area (Å²) in [5.41, 5.74) is 7.29. The molecule has 0 radical (unpaired) electrons. The summed E-state index contributed by atoms with van der Waals surface area (Å²) in [5, 5.41) is 0. The van der Waals surface area contributed by atoms with E-state index in [0.717, 1.165) is 11.3 Å². The second-order valence-corrected chi connectivity index (χ2v) is 6.41. The van der Waals surface area contributed by atoms with Crippen molar-refractivity contribution in [3.63, 3.8) is 0 Å². The van der Waals surface area contributed by atoms with E-state index in [2.05, 4.69) is 4.98 Å². The minimum Gasteiger partial charge on any atom is -0.489 e. The van der Waals surface area contributed by atoms with E-state index in [4.69, 9.17) is 10.5 Å². The minimum atomic E-state index is -3.17. The zero-order valence-electron chi connectivity index (χ0n) is 11.1. The lowest BCUT2D eigenvalue weighted by Crippen LogP contribution is -2.02. The Labute approximate surface area is 118 Å². The molecule has 2 aromatic rings. The lowest BCUT2D eigenvalue weighted by atomic mass is 10.2. The average molecular weight is 292 g/mol. The van der Waals surface area contributed by atoms with Gasteiger partial charge in [-0.25, -0.2) is 8.42 Å². The Morgan fingerprint density at radius 1 is 1.20 bits per heavy atom. The Morgan fingerprint density at radius 2 is 1.90 bits per heavy atom. The molecule has 0 saturated heterocycles. The third-order valence-corrected chi connectivity index (χ3v) is 3.88. The van der Waals surface area contributed by atoms with Crippen molar-refractivity contribution >= 4 is 9.84 Å². The number of hydrogen-bond acceptors (Lipinski definition) is 5. The van der Waals surface area contributed by atoms with Gasteiger partial charge in [0.25, 0.3) is 0 Å². The maximum absolute atomic E-state index is 11.3. The predicted octanol–water partition coefficient (Wildman–Crippen LogP) is 1.52. The van der Waals surface area contributed by atoms with Crippen LogP contribution in [0.3, 0.4) is 0 Å². The van der Waals surface area contributed by atoms with Crippen LogP contribution in [0.1, 0.15) is 11.3 Å². The van der Waals surface area contributed by atoms with E-state index in [1.54, 1.807) is 18.3 Å². The number of sulfone groups is 1. The number of pyridine rings is 1. The van der Waals surface area contributed by atoms with Gasteiger partial charge in [-0.15, -0.1) is 0 Å². The first-order valence-electron chi connectivity index (χ1n) is 6.06. The molecule has 6 heteroatoms. The van der Waals surface area contributed by atoms with Gasteiger partial charge in [0, 0.05) is 19.0 Å². The monoisotopic (exact) mass is 292 g/mol. The van der Waals surface area contributed by atoms with Gasteiger partial charge >= 0.3 is 0 Å². The molecule has 0 bridgehead atoms. The summed E-state index contributed by atoms with van der Waals surface area (Å²) in [6, 6.07) is 10.1. The van der Waals surface area contributed by atoms with E-state index in [-0.39, 0.29) is 4.90 Å². The molecule has 0 amide bonds. The molecule has 1 aromatic heterocycles. The first kappa shape index (κ1) is 14.5.